The number of halogens is 2. The lowest BCUT2D eigenvalue weighted by Crippen LogP contribution is -2.14. The Morgan fingerprint density at radius 3 is 2.61 bits per heavy atom. The highest BCUT2D eigenvalue weighted by molar-refractivity contribution is 6.33. The molecular weight excluding hydrogens is 313 g/mol. The highest BCUT2D eigenvalue weighted by Crippen LogP contribution is 2.33. The molecule has 2 rings (SSSR count). The summed E-state index contributed by atoms with van der Waals surface area (Å²) in [6.45, 7) is 6.71. The minimum Gasteiger partial charge on any atom is -0.366 e. The maximum absolute atomic E-state index is 14.0. The molecule has 0 bridgehead atoms. The summed E-state index contributed by atoms with van der Waals surface area (Å²) in [4.78, 5) is 6.34. The molecule has 0 saturated heterocycles. The number of nitrogens with one attached hydrogen (secondary N) is 1. The van der Waals surface area contributed by atoms with Crippen molar-refractivity contribution in [3.63, 3.8) is 0 Å². The molecule has 0 heterocycles. The van der Waals surface area contributed by atoms with Crippen LogP contribution in [0.15, 0.2) is 35.3 Å². The van der Waals surface area contributed by atoms with E-state index in [-0.39, 0.29) is 5.82 Å². The molecule has 23 heavy (non-hydrogen) atoms. The minimum atomic E-state index is -0.285. The number of nitrogens with zero attached hydrogens (tertiary/aromatic N) is 2. The molecule has 0 aliphatic carbocycles. The summed E-state index contributed by atoms with van der Waals surface area (Å²) in [6.07, 6.45) is 1.74. The van der Waals surface area contributed by atoms with Crippen LogP contribution in [-0.4, -0.2) is 24.8 Å². The molecule has 0 radical (unpaired) electrons. The minimum absolute atomic E-state index is 0.285. The van der Waals surface area contributed by atoms with Gasteiger partial charge in [-0.1, -0.05) is 17.7 Å². The zero-order valence-electron chi connectivity index (χ0n) is 13.8. The molecule has 0 atom stereocenters. The first-order chi connectivity index (χ1) is 10.9. The Morgan fingerprint density at radius 1 is 1.22 bits per heavy atom. The molecule has 5 heteroatoms. The third-order valence-corrected chi connectivity index (χ3v) is 3.88. The Bertz CT molecular complexity index is 728. The van der Waals surface area contributed by atoms with Gasteiger partial charge in [-0.05, 0) is 56.2 Å². The Hall–Kier alpha value is -2.07. The fourth-order valence-corrected chi connectivity index (χ4v) is 2.22. The first-order valence-electron chi connectivity index (χ1n) is 7.48. The van der Waals surface area contributed by atoms with Crippen molar-refractivity contribution in [3.8, 4) is 0 Å². The van der Waals surface area contributed by atoms with Gasteiger partial charge < -0.3 is 10.2 Å². The summed E-state index contributed by atoms with van der Waals surface area (Å²) in [5, 5.41) is 3.61. The Morgan fingerprint density at radius 2 is 1.96 bits per heavy atom. The van der Waals surface area contributed by atoms with Gasteiger partial charge in [0, 0.05) is 19.3 Å². The lowest BCUT2D eigenvalue weighted by molar-refractivity contribution is 0.552. The van der Waals surface area contributed by atoms with E-state index in [1.807, 2.05) is 44.9 Å². The number of aryl methyl sites for hydroxylation is 2. The molecule has 2 aromatic rings. The van der Waals surface area contributed by atoms with Gasteiger partial charge in [0.25, 0.3) is 0 Å². The van der Waals surface area contributed by atoms with E-state index in [1.54, 1.807) is 18.5 Å². The standard InChI is InChI=1S/C18H21ClFN3/c1-5-23(4)11-21-18-9-13(3)17(10-14(18)19)22-16-7-6-12(2)8-15(16)20/h6-11,22H,5H2,1-4H3/b21-11-. The van der Waals surface area contributed by atoms with Crippen LogP contribution in [0.4, 0.5) is 21.5 Å². The van der Waals surface area contributed by atoms with Crippen LogP contribution >= 0.6 is 11.6 Å². The quantitative estimate of drug-likeness (QED) is 0.582. The van der Waals surface area contributed by atoms with Gasteiger partial charge in [0.05, 0.1) is 22.7 Å². The van der Waals surface area contributed by atoms with Crippen LogP contribution in [0.5, 0.6) is 0 Å². The fourth-order valence-electron chi connectivity index (χ4n) is 2.01. The second-order valence-corrected chi connectivity index (χ2v) is 5.95. The SMILES string of the molecule is CCN(C)/C=N\c1cc(C)c(Nc2ccc(C)cc2F)cc1Cl. The third kappa shape index (κ3) is 4.45. The van der Waals surface area contributed by atoms with E-state index in [0.717, 1.165) is 23.4 Å². The van der Waals surface area contributed by atoms with E-state index < -0.39 is 0 Å². The lowest BCUT2D eigenvalue weighted by atomic mass is 10.1. The second kappa shape index (κ2) is 7.47. The van der Waals surface area contributed by atoms with Crippen LogP contribution in [0.2, 0.25) is 5.02 Å². The number of benzene rings is 2. The van der Waals surface area contributed by atoms with Gasteiger partial charge in [0.2, 0.25) is 0 Å². The summed E-state index contributed by atoms with van der Waals surface area (Å²) in [5.41, 5.74) is 3.71. The molecule has 0 amide bonds. The van der Waals surface area contributed by atoms with E-state index in [2.05, 4.69) is 10.3 Å². The van der Waals surface area contributed by atoms with Crippen molar-refractivity contribution in [2.75, 3.05) is 18.9 Å². The molecule has 0 unspecified atom stereocenters. The first-order valence-corrected chi connectivity index (χ1v) is 7.86. The van der Waals surface area contributed by atoms with Crippen molar-refractivity contribution in [3.05, 3.63) is 52.3 Å². The van der Waals surface area contributed by atoms with Gasteiger partial charge in [0.15, 0.2) is 0 Å². The van der Waals surface area contributed by atoms with E-state index in [9.17, 15) is 4.39 Å². The van der Waals surface area contributed by atoms with E-state index in [0.29, 0.717) is 16.4 Å². The average Bonchev–Trinajstić information content (AvgIpc) is 2.51. The molecule has 0 fully saturated rings. The van der Waals surface area contributed by atoms with Crippen LogP contribution in [0.25, 0.3) is 0 Å². The zero-order valence-corrected chi connectivity index (χ0v) is 14.6. The maximum Gasteiger partial charge on any atom is 0.146 e. The van der Waals surface area contributed by atoms with Gasteiger partial charge in [0.1, 0.15) is 5.82 Å². The number of aliphatic imine (C=N–C) groups is 1. The van der Waals surface area contributed by atoms with E-state index in [1.165, 1.54) is 6.07 Å². The lowest BCUT2D eigenvalue weighted by Gasteiger charge is -2.13. The zero-order chi connectivity index (χ0) is 17.0. The van der Waals surface area contributed by atoms with Crippen molar-refractivity contribution < 1.29 is 4.39 Å². The summed E-state index contributed by atoms with van der Waals surface area (Å²) in [7, 11) is 1.94. The molecule has 0 aromatic heterocycles. The summed E-state index contributed by atoms with van der Waals surface area (Å²) in [5.74, 6) is -0.285. The van der Waals surface area contributed by atoms with E-state index >= 15 is 0 Å². The highest BCUT2D eigenvalue weighted by Gasteiger charge is 2.08. The van der Waals surface area contributed by atoms with Gasteiger partial charge in [-0.3, -0.25) is 0 Å². The van der Waals surface area contributed by atoms with Gasteiger partial charge in [-0.25, -0.2) is 9.38 Å². The summed E-state index contributed by atoms with van der Waals surface area (Å²) < 4.78 is 14.0. The van der Waals surface area contributed by atoms with Crippen molar-refractivity contribution in [1.82, 2.24) is 4.90 Å². The van der Waals surface area contributed by atoms with Gasteiger partial charge >= 0.3 is 0 Å². The molecule has 2 aromatic carbocycles. The summed E-state index contributed by atoms with van der Waals surface area (Å²) >= 11 is 6.29. The molecule has 0 spiro atoms. The first kappa shape index (κ1) is 17.3. The Labute approximate surface area is 141 Å². The monoisotopic (exact) mass is 333 g/mol. The van der Waals surface area contributed by atoms with Crippen molar-refractivity contribution in [2.24, 2.45) is 4.99 Å². The van der Waals surface area contributed by atoms with Crippen LogP contribution in [0.1, 0.15) is 18.1 Å². The number of rotatable bonds is 5. The average molecular weight is 334 g/mol. The number of hydrogen-bond donors (Lipinski definition) is 1. The van der Waals surface area contributed by atoms with Crippen molar-refractivity contribution >= 4 is 35.0 Å². The number of hydrogen-bond acceptors (Lipinski definition) is 2. The van der Waals surface area contributed by atoms with Crippen LogP contribution in [0, 0.1) is 19.7 Å². The Kier molecular flexibility index (Phi) is 5.61. The van der Waals surface area contributed by atoms with E-state index in [4.69, 9.17) is 11.6 Å². The van der Waals surface area contributed by atoms with Gasteiger partial charge in [-0.15, -0.1) is 0 Å². The fraction of sp³-hybridized carbons (Fsp3) is 0.278. The predicted molar refractivity (Wildman–Crippen MR) is 97.1 cm³/mol. The van der Waals surface area contributed by atoms with Crippen LogP contribution < -0.4 is 5.32 Å². The van der Waals surface area contributed by atoms with Gasteiger partial charge in [-0.2, -0.15) is 0 Å². The Balaban J connectivity index is 2.27. The van der Waals surface area contributed by atoms with Crippen LogP contribution in [0.3, 0.4) is 0 Å². The van der Waals surface area contributed by atoms with Crippen molar-refractivity contribution in [2.45, 2.75) is 20.8 Å². The third-order valence-electron chi connectivity index (χ3n) is 3.58. The molecular formula is C18H21ClFN3. The van der Waals surface area contributed by atoms with Crippen LogP contribution in [-0.2, 0) is 0 Å². The molecule has 122 valence electrons. The van der Waals surface area contributed by atoms with Crippen molar-refractivity contribution in [1.29, 1.82) is 0 Å². The maximum atomic E-state index is 14.0. The summed E-state index contributed by atoms with van der Waals surface area (Å²) in [6, 6.07) is 8.74. The smallest absolute Gasteiger partial charge is 0.146 e. The molecule has 0 saturated carbocycles. The second-order valence-electron chi connectivity index (χ2n) is 5.54. The topological polar surface area (TPSA) is 27.6 Å². The normalized spacial score (nSPS) is 11.0. The molecule has 0 aliphatic heterocycles. The highest BCUT2D eigenvalue weighted by atomic mass is 35.5. The molecule has 3 nitrogen and oxygen atoms in total. The molecule has 0 aliphatic rings. The molecule has 1 N–H and O–H groups in total. The number of anilines is 2. The largest absolute Gasteiger partial charge is 0.366 e. The predicted octanol–water partition coefficient (Wildman–Crippen LogP) is 5.45.